The van der Waals surface area contributed by atoms with E-state index in [9.17, 15) is 4.79 Å². The highest BCUT2D eigenvalue weighted by atomic mass is 16.1. The van der Waals surface area contributed by atoms with E-state index in [1.807, 2.05) is 24.3 Å². The van der Waals surface area contributed by atoms with Gasteiger partial charge in [0.2, 0.25) is 5.91 Å². The number of hydrogen-bond acceptors (Lipinski definition) is 2. The molecular weight excluding hydrogens is 176 g/mol. The molecule has 0 saturated heterocycles. The van der Waals surface area contributed by atoms with Gasteiger partial charge >= 0.3 is 0 Å². The highest BCUT2D eigenvalue weighted by molar-refractivity contribution is 5.88. The van der Waals surface area contributed by atoms with Gasteiger partial charge < -0.3 is 11.1 Å². The molecule has 14 heavy (non-hydrogen) atoms. The summed E-state index contributed by atoms with van der Waals surface area (Å²) in [5, 5.41) is 2.73. The molecule has 0 spiro atoms. The molecule has 74 valence electrons. The molecule has 0 bridgehead atoms. The van der Waals surface area contributed by atoms with Crippen LogP contribution in [0.15, 0.2) is 24.3 Å². The van der Waals surface area contributed by atoms with Crippen molar-refractivity contribution < 1.29 is 4.79 Å². The first-order valence-corrected chi connectivity index (χ1v) is 4.80. The lowest BCUT2D eigenvalue weighted by molar-refractivity contribution is -0.114. The van der Waals surface area contributed by atoms with E-state index in [-0.39, 0.29) is 5.91 Å². The van der Waals surface area contributed by atoms with Crippen LogP contribution in [-0.2, 0) is 4.79 Å². The van der Waals surface area contributed by atoms with Gasteiger partial charge in [-0.2, -0.15) is 0 Å². The summed E-state index contributed by atoms with van der Waals surface area (Å²) in [7, 11) is 0. The molecule has 1 aliphatic carbocycles. The molecule has 1 amide bonds. The Hall–Kier alpha value is -1.35. The van der Waals surface area contributed by atoms with Crippen LogP contribution in [0.2, 0.25) is 0 Å². The summed E-state index contributed by atoms with van der Waals surface area (Å²) in [4.78, 5) is 10.8. The first-order chi connectivity index (χ1) is 6.66. The minimum atomic E-state index is -0.0409. The Bertz CT molecular complexity index is 345. The number of benzene rings is 1. The molecule has 0 radical (unpaired) electrons. The zero-order valence-corrected chi connectivity index (χ0v) is 8.16. The third kappa shape index (κ3) is 1.93. The number of nitrogens with one attached hydrogen (secondary N) is 1. The molecule has 1 aromatic rings. The van der Waals surface area contributed by atoms with E-state index in [4.69, 9.17) is 5.73 Å². The van der Waals surface area contributed by atoms with Gasteiger partial charge in [0.25, 0.3) is 0 Å². The van der Waals surface area contributed by atoms with Crippen molar-refractivity contribution in [3.05, 3.63) is 29.8 Å². The van der Waals surface area contributed by atoms with Crippen LogP contribution in [0.4, 0.5) is 5.69 Å². The number of anilines is 1. The topological polar surface area (TPSA) is 55.1 Å². The minimum absolute atomic E-state index is 0.0409. The second-order valence-electron chi connectivity index (χ2n) is 3.81. The Morgan fingerprint density at radius 3 is 2.43 bits per heavy atom. The maximum absolute atomic E-state index is 10.8. The highest BCUT2D eigenvalue weighted by Crippen LogP contribution is 2.39. The molecule has 1 saturated carbocycles. The molecule has 2 unspecified atom stereocenters. The summed E-state index contributed by atoms with van der Waals surface area (Å²) in [6, 6.07) is 8.23. The third-order valence-corrected chi connectivity index (χ3v) is 2.50. The molecule has 0 aliphatic heterocycles. The van der Waals surface area contributed by atoms with Crippen molar-refractivity contribution in [2.75, 3.05) is 5.32 Å². The lowest BCUT2D eigenvalue weighted by Gasteiger charge is -2.03. The van der Waals surface area contributed by atoms with Crippen molar-refractivity contribution in [1.29, 1.82) is 0 Å². The fourth-order valence-corrected chi connectivity index (χ4v) is 1.61. The number of carbonyl (C=O) groups is 1. The summed E-state index contributed by atoms with van der Waals surface area (Å²) in [5.74, 6) is 0.488. The van der Waals surface area contributed by atoms with E-state index < -0.39 is 0 Å². The second-order valence-corrected chi connectivity index (χ2v) is 3.81. The smallest absolute Gasteiger partial charge is 0.221 e. The Labute approximate surface area is 83.3 Å². The number of nitrogens with two attached hydrogens (primary N) is 1. The van der Waals surface area contributed by atoms with Crippen LogP contribution in [-0.4, -0.2) is 11.9 Å². The fraction of sp³-hybridized carbons (Fsp3) is 0.364. The van der Waals surface area contributed by atoms with Crippen molar-refractivity contribution in [3.63, 3.8) is 0 Å². The Morgan fingerprint density at radius 2 is 2.00 bits per heavy atom. The van der Waals surface area contributed by atoms with Crippen LogP contribution < -0.4 is 11.1 Å². The molecule has 0 aromatic heterocycles. The molecule has 0 heterocycles. The van der Waals surface area contributed by atoms with E-state index in [0.29, 0.717) is 12.0 Å². The number of hydrogen-bond donors (Lipinski definition) is 2. The maximum atomic E-state index is 10.8. The van der Waals surface area contributed by atoms with Crippen LogP contribution in [0.25, 0.3) is 0 Å². The number of rotatable bonds is 2. The van der Waals surface area contributed by atoms with Gasteiger partial charge in [-0.3, -0.25) is 4.79 Å². The lowest BCUT2D eigenvalue weighted by Crippen LogP contribution is -2.05. The molecule has 2 rings (SSSR count). The van der Waals surface area contributed by atoms with Gasteiger partial charge in [0.05, 0.1) is 0 Å². The molecule has 2 atom stereocenters. The Balaban J connectivity index is 2.06. The quantitative estimate of drug-likeness (QED) is 0.741. The summed E-state index contributed by atoms with van der Waals surface area (Å²) < 4.78 is 0. The van der Waals surface area contributed by atoms with Gasteiger partial charge in [-0.1, -0.05) is 12.1 Å². The second kappa shape index (κ2) is 3.42. The third-order valence-electron chi connectivity index (χ3n) is 2.50. The van der Waals surface area contributed by atoms with Gasteiger partial charge in [0, 0.05) is 24.6 Å². The largest absolute Gasteiger partial charge is 0.327 e. The fourth-order valence-electron chi connectivity index (χ4n) is 1.61. The Morgan fingerprint density at radius 1 is 1.43 bits per heavy atom. The van der Waals surface area contributed by atoms with Crippen LogP contribution in [0.5, 0.6) is 0 Å². The van der Waals surface area contributed by atoms with Gasteiger partial charge in [-0.05, 0) is 24.1 Å². The summed E-state index contributed by atoms with van der Waals surface area (Å²) in [5.41, 5.74) is 7.86. The first-order valence-electron chi connectivity index (χ1n) is 4.80. The monoisotopic (exact) mass is 190 g/mol. The predicted octanol–water partition coefficient (Wildman–Crippen LogP) is 1.46. The summed E-state index contributed by atoms with van der Waals surface area (Å²) in [6.45, 7) is 1.50. The maximum Gasteiger partial charge on any atom is 0.221 e. The van der Waals surface area contributed by atoms with Crippen LogP contribution in [0.3, 0.4) is 0 Å². The summed E-state index contributed by atoms with van der Waals surface area (Å²) >= 11 is 0. The zero-order valence-electron chi connectivity index (χ0n) is 8.16. The summed E-state index contributed by atoms with van der Waals surface area (Å²) in [6.07, 6.45) is 1.08. The molecule has 3 nitrogen and oxygen atoms in total. The lowest BCUT2D eigenvalue weighted by atomic mass is 10.1. The molecule has 1 aliphatic rings. The molecular formula is C11H14N2O. The average molecular weight is 190 g/mol. The van der Waals surface area contributed by atoms with Crippen LogP contribution >= 0.6 is 0 Å². The van der Waals surface area contributed by atoms with E-state index in [2.05, 4.69) is 5.32 Å². The van der Waals surface area contributed by atoms with Gasteiger partial charge in [0.1, 0.15) is 0 Å². The van der Waals surface area contributed by atoms with Gasteiger partial charge in [0.15, 0.2) is 0 Å². The van der Waals surface area contributed by atoms with Crippen molar-refractivity contribution in [1.82, 2.24) is 0 Å². The minimum Gasteiger partial charge on any atom is -0.327 e. The van der Waals surface area contributed by atoms with Gasteiger partial charge in [-0.25, -0.2) is 0 Å². The highest BCUT2D eigenvalue weighted by Gasteiger charge is 2.34. The molecule has 1 fully saturated rings. The molecule has 1 aromatic carbocycles. The van der Waals surface area contributed by atoms with E-state index in [0.717, 1.165) is 12.1 Å². The normalized spacial score (nSPS) is 24.4. The van der Waals surface area contributed by atoms with Crippen molar-refractivity contribution in [2.24, 2.45) is 5.73 Å². The van der Waals surface area contributed by atoms with Crippen molar-refractivity contribution >= 4 is 11.6 Å². The van der Waals surface area contributed by atoms with Crippen LogP contribution in [0.1, 0.15) is 24.8 Å². The predicted molar refractivity (Wildman–Crippen MR) is 56.1 cm³/mol. The molecule has 3 heteroatoms. The van der Waals surface area contributed by atoms with E-state index >= 15 is 0 Å². The Kier molecular flexibility index (Phi) is 2.25. The molecule has 3 N–H and O–H groups in total. The SMILES string of the molecule is CC(=O)Nc1ccc(C2CC2N)cc1. The average Bonchev–Trinajstić information content (AvgIpc) is 2.83. The zero-order chi connectivity index (χ0) is 10.1. The van der Waals surface area contributed by atoms with E-state index in [1.165, 1.54) is 12.5 Å². The number of carbonyl (C=O) groups excluding carboxylic acids is 1. The van der Waals surface area contributed by atoms with Crippen molar-refractivity contribution in [3.8, 4) is 0 Å². The number of amides is 1. The first kappa shape index (κ1) is 9.21. The van der Waals surface area contributed by atoms with E-state index in [1.54, 1.807) is 0 Å². The standard InChI is InChI=1S/C11H14N2O/c1-7(14)13-9-4-2-8(3-5-9)10-6-11(10)12/h2-5,10-11H,6,12H2,1H3,(H,13,14). The van der Waals surface area contributed by atoms with Crippen molar-refractivity contribution in [2.45, 2.75) is 25.3 Å². The van der Waals surface area contributed by atoms with Gasteiger partial charge in [-0.15, -0.1) is 0 Å². The van der Waals surface area contributed by atoms with Crippen LogP contribution in [0, 0.1) is 0 Å².